The fourth-order valence-corrected chi connectivity index (χ4v) is 3.11. The van der Waals surface area contributed by atoms with E-state index in [1.165, 1.54) is 19.3 Å². The van der Waals surface area contributed by atoms with E-state index >= 15 is 0 Å². The van der Waals surface area contributed by atoms with Crippen LogP contribution in [0.4, 0.5) is 0 Å². The van der Waals surface area contributed by atoms with E-state index in [4.69, 9.17) is 4.74 Å². The van der Waals surface area contributed by atoms with E-state index in [0.29, 0.717) is 17.2 Å². The molecule has 1 aliphatic rings. The average molecular weight is 309 g/mol. The molecule has 3 rings (SSSR count). The van der Waals surface area contributed by atoms with Gasteiger partial charge in [-0.2, -0.15) is 0 Å². The van der Waals surface area contributed by atoms with Crippen LogP contribution in [0.1, 0.15) is 43.0 Å². The number of carbonyl (C=O) groups is 1. The molecule has 2 aromatic carbocycles. The van der Waals surface area contributed by atoms with Gasteiger partial charge in [-0.05, 0) is 49.1 Å². The summed E-state index contributed by atoms with van der Waals surface area (Å²) >= 11 is 0. The van der Waals surface area contributed by atoms with E-state index in [0.717, 1.165) is 12.2 Å². The van der Waals surface area contributed by atoms with Gasteiger partial charge in [-0.3, -0.25) is 4.79 Å². The molecule has 1 saturated carbocycles. The number of ether oxygens (including phenoxy) is 1. The van der Waals surface area contributed by atoms with E-state index < -0.39 is 0 Å². The normalized spacial score (nSPS) is 20.7. The molecule has 1 fully saturated rings. The molecule has 1 N–H and O–H groups in total. The first-order chi connectivity index (χ1) is 11.2. The van der Waals surface area contributed by atoms with E-state index in [9.17, 15) is 4.79 Å². The Morgan fingerprint density at radius 2 is 1.74 bits per heavy atom. The molecule has 2 aromatic rings. The van der Waals surface area contributed by atoms with Gasteiger partial charge in [0.2, 0.25) is 0 Å². The van der Waals surface area contributed by atoms with Crippen LogP contribution < -0.4 is 10.1 Å². The number of para-hydroxylation sites is 1. The van der Waals surface area contributed by atoms with Crippen LogP contribution in [-0.2, 0) is 0 Å². The third-order valence-corrected chi connectivity index (χ3v) is 4.50. The second-order valence-corrected chi connectivity index (χ2v) is 6.28. The Kier molecular flexibility index (Phi) is 4.96. The highest BCUT2D eigenvalue weighted by Crippen LogP contribution is 2.25. The molecule has 23 heavy (non-hydrogen) atoms. The van der Waals surface area contributed by atoms with Gasteiger partial charge in [-0.1, -0.05) is 44.0 Å². The maximum absolute atomic E-state index is 12.5. The molecule has 3 nitrogen and oxygen atoms in total. The number of amides is 1. The van der Waals surface area contributed by atoms with Gasteiger partial charge >= 0.3 is 0 Å². The lowest BCUT2D eigenvalue weighted by molar-refractivity contribution is 0.0910. The molecule has 0 bridgehead atoms. The quantitative estimate of drug-likeness (QED) is 0.882. The van der Waals surface area contributed by atoms with Crippen LogP contribution in [-0.4, -0.2) is 11.9 Å². The molecular weight excluding hydrogens is 286 g/mol. The Labute approximate surface area is 137 Å². The Hall–Kier alpha value is -2.29. The van der Waals surface area contributed by atoms with E-state index in [-0.39, 0.29) is 11.9 Å². The van der Waals surface area contributed by atoms with Gasteiger partial charge in [0.05, 0.1) is 0 Å². The van der Waals surface area contributed by atoms with Crippen molar-refractivity contribution in [2.45, 2.75) is 38.6 Å². The summed E-state index contributed by atoms with van der Waals surface area (Å²) in [6.45, 7) is 2.22. The summed E-state index contributed by atoms with van der Waals surface area (Å²) in [4.78, 5) is 12.5. The zero-order valence-corrected chi connectivity index (χ0v) is 13.5. The van der Waals surface area contributed by atoms with Crippen molar-refractivity contribution in [2.24, 2.45) is 5.92 Å². The van der Waals surface area contributed by atoms with Gasteiger partial charge in [0.15, 0.2) is 0 Å². The van der Waals surface area contributed by atoms with Gasteiger partial charge in [-0.15, -0.1) is 0 Å². The third kappa shape index (κ3) is 4.13. The number of hydrogen-bond donors (Lipinski definition) is 1. The van der Waals surface area contributed by atoms with Crippen molar-refractivity contribution in [2.75, 3.05) is 0 Å². The first-order valence-corrected chi connectivity index (χ1v) is 8.36. The van der Waals surface area contributed by atoms with E-state index in [2.05, 4.69) is 12.2 Å². The zero-order valence-electron chi connectivity index (χ0n) is 13.5. The molecule has 0 heterocycles. The minimum atomic E-state index is -0.0118. The first kappa shape index (κ1) is 15.6. The Bertz CT molecular complexity index is 654. The molecule has 0 aromatic heterocycles. The number of benzene rings is 2. The van der Waals surface area contributed by atoms with Crippen LogP contribution in [0.15, 0.2) is 54.6 Å². The van der Waals surface area contributed by atoms with Crippen LogP contribution in [0.3, 0.4) is 0 Å². The highest BCUT2D eigenvalue weighted by molar-refractivity contribution is 5.94. The van der Waals surface area contributed by atoms with Crippen LogP contribution in [0.25, 0.3) is 0 Å². The number of rotatable bonds is 4. The molecule has 2 atom stereocenters. The fourth-order valence-electron chi connectivity index (χ4n) is 3.11. The molecule has 120 valence electrons. The minimum absolute atomic E-state index is 0.0118. The number of nitrogens with one attached hydrogen (secondary N) is 1. The smallest absolute Gasteiger partial charge is 0.251 e. The standard InChI is InChI=1S/C20H23NO2/c1-15-8-5-6-13-19(15)21-20(22)16-9-7-12-18(14-16)23-17-10-3-2-4-11-17/h2-4,7,9-12,14-15,19H,5-6,8,13H2,1H3,(H,21,22)/t15-,19-/m0/s1. The van der Waals surface area contributed by atoms with Crippen LogP contribution in [0.5, 0.6) is 11.5 Å². The molecule has 0 aliphatic heterocycles. The highest BCUT2D eigenvalue weighted by atomic mass is 16.5. The van der Waals surface area contributed by atoms with E-state index in [1.54, 1.807) is 6.07 Å². The molecule has 0 spiro atoms. The second-order valence-electron chi connectivity index (χ2n) is 6.28. The minimum Gasteiger partial charge on any atom is -0.457 e. The molecule has 0 unspecified atom stereocenters. The predicted molar refractivity (Wildman–Crippen MR) is 91.8 cm³/mol. The van der Waals surface area contributed by atoms with Gasteiger partial charge in [0.1, 0.15) is 11.5 Å². The van der Waals surface area contributed by atoms with Crippen molar-refractivity contribution >= 4 is 5.91 Å². The number of carbonyl (C=O) groups excluding carboxylic acids is 1. The van der Waals surface area contributed by atoms with Gasteiger partial charge in [0.25, 0.3) is 5.91 Å². The summed E-state index contributed by atoms with van der Waals surface area (Å²) in [5, 5.41) is 3.18. The lowest BCUT2D eigenvalue weighted by Gasteiger charge is -2.29. The molecule has 0 saturated heterocycles. The Morgan fingerprint density at radius 1 is 1.00 bits per heavy atom. The fraction of sp³-hybridized carbons (Fsp3) is 0.350. The SMILES string of the molecule is C[C@H]1CCCC[C@@H]1NC(=O)c1cccc(Oc2ccccc2)c1. The summed E-state index contributed by atoms with van der Waals surface area (Å²) in [7, 11) is 0. The van der Waals surface area contributed by atoms with Crippen LogP contribution in [0.2, 0.25) is 0 Å². The Balaban J connectivity index is 1.67. The molecule has 3 heteroatoms. The summed E-state index contributed by atoms with van der Waals surface area (Å²) in [6, 6.07) is 17.2. The van der Waals surface area contributed by atoms with Gasteiger partial charge in [0, 0.05) is 11.6 Å². The van der Waals surface area contributed by atoms with Crippen molar-refractivity contribution in [3.63, 3.8) is 0 Å². The van der Waals surface area contributed by atoms with Crippen molar-refractivity contribution < 1.29 is 9.53 Å². The molecular formula is C20H23NO2. The third-order valence-electron chi connectivity index (χ3n) is 4.50. The zero-order chi connectivity index (χ0) is 16.1. The molecule has 1 amide bonds. The van der Waals surface area contributed by atoms with Crippen molar-refractivity contribution in [1.29, 1.82) is 0 Å². The maximum atomic E-state index is 12.5. The summed E-state index contributed by atoms with van der Waals surface area (Å²) in [5.74, 6) is 1.99. The van der Waals surface area contributed by atoms with Crippen molar-refractivity contribution in [3.8, 4) is 11.5 Å². The first-order valence-electron chi connectivity index (χ1n) is 8.36. The van der Waals surface area contributed by atoms with E-state index in [1.807, 2.05) is 48.5 Å². The largest absolute Gasteiger partial charge is 0.457 e. The van der Waals surface area contributed by atoms with Crippen molar-refractivity contribution in [1.82, 2.24) is 5.32 Å². The summed E-state index contributed by atoms with van der Waals surface area (Å²) in [5.41, 5.74) is 0.649. The predicted octanol–water partition coefficient (Wildman–Crippen LogP) is 4.79. The van der Waals surface area contributed by atoms with Crippen LogP contribution in [0, 0.1) is 5.92 Å². The maximum Gasteiger partial charge on any atom is 0.251 e. The number of hydrogen-bond acceptors (Lipinski definition) is 2. The van der Waals surface area contributed by atoms with Crippen molar-refractivity contribution in [3.05, 3.63) is 60.2 Å². The lowest BCUT2D eigenvalue weighted by atomic mass is 9.86. The van der Waals surface area contributed by atoms with Crippen LogP contribution >= 0.6 is 0 Å². The molecule has 1 aliphatic carbocycles. The second kappa shape index (κ2) is 7.32. The summed E-state index contributed by atoms with van der Waals surface area (Å²) in [6.07, 6.45) is 4.75. The molecule has 0 radical (unpaired) electrons. The van der Waals surface area contributed by atoms with Gasteiger partial charge < -0.3 is 10.1 Å². The monoisotopic (exact) mass is 309 g/mol. The highest BCUT2D eigenvalue weighted by Gasteiger charge is 2.23. The Morgan fingerprint density at radius 3 is 2.52 bits per heavy atom. The summed E-state index contributed by atoms with van der Waals surface area (Å²) < 4.78 is 5.80. The van der Waals surface area contributed by atoms with Gasteiger partial charge in [-0.25, -0.2) is 0 Å². The topological polar surface area (TPSA) is 38.3 Å². The average Bonchev–Trinajstić information content (AvgIpc) is 2.58. The lowest BCUT2D eigenvalue weighted by Crippen LogP contribution is -2.41.